The van der Waals surface area contributed by atoms with Gasteiger partial charge in [-0.2, -0.15) is 0 Å². The molecule has 0 unspecified atom stereocenters. The van der Waals surface area contributed by atoms with Gasteiger partial charge in [-0.3, -0.25) is 0 Å². The zero-order chi connectivity index (χ0) is 17.7. The molecule has 2 rings (SSSR count). The first kappa shape index (κ1) is 17.8. The zero-order valence-electron chi connectivity index (χ0n) is 14.2. The number of carboxylic acids is 1. The number of rotatable bonds is 4. The lowest BCUT2D eigenvalue weighted by molar-refractivity contribution is -0.139. The summed E-state index contributed by atoms with van der Waals surface area (Å²) in [5.74, 6) is -0.320. The molecule has 0 saturated carbocycles. The van der Waals surface area contributed by atoms with Crippen LogP contribution in [0.3, 0.4) is 0 Å². The summed E-state index contributed by atoms with van der Waals surface area (Å²) in [6.07, 6.45) is 2.00. The molecule has 1 aromatic rings. The minimum atomic E-state index is -1.10. The summed E-state index contributed by atoms with van der Waals surface area (Å²) in [6.45, 7) is 5.65. The minimum Gasteiger partial charge on any atom is -0.493 e. The van der Waals surface area contributed by atoms with E-state index in [-0.39, 0.29) is 6.42 Å². The van der Waals surface area contributed by atoms with Crippen LogP contribution in [-0.4, -0.2) is 35.4 Å². The van der Waals surface area contributed by atoms with Crippen LogP contribution in [0.5, 0.6) is 5.75 Å². The van der Waals surface area contributed by atoms with Crippen LogP contribution in [-0.2, 0) is 9.53 Å². The van der Waals surface area contributed by atoms with Gasteiger partial charge in [0.25, 0.3) is 0 Å². The Kier molecular flexibility index (Phi) is 5.49. The maximum absolute atomic E-state index is 11.8. The number of nitrogens with one attached hydrogen (secondary N) is 1. The molecule has 24 heavy (non-hydrogen) atoms. The Morgan fingerprint density at radius 1 is 1.33 bits per heavy atom. The van der Waals surface area contributed by atoms with Gasteiger partial charge in [-0.15, -0.1) is 0 Å². The summed E-state index contributed by atoms with van der Waals surface area (Å²) in [7, 11) is 0. The molecule has 1 atom stereocenters. The van der Waals surface area contributed by atoms with Crippen LogP contribution in [0, 0.1) is 0 Å². The molecule has 0 bridgehead atoms. The molecule has 1 aliphatic rings. The number of hydrogen-bond acceptors (Lipinski definition) is 4. The Balaban J connectivity index is 2.09. The SMILES string of the molecule is CC(C)(C)OC(=O)N[C@H](CC1=Cc2ccccc2OCC1)C(=O)O. The van der Waals surface area contributed by atoms with Gasteiger partial charge in [0, 0.05) is 12.0 Å². The van der Waals surface area contributed by atoms with Gasteiger partial charge in [-0.05, 0) is 33.3 Å². The number of amides is 1. The smallest absolute Gasteiger partial charge is 0.408 e. The maximum Gasteiger partial charge on any atom is 0.408 e. The topological polar surface area (TPSA) is 84.9 Å². The first-order chi connectivity index (χ1) is 11.2. The third-order valence-corrected chi connectivity index (χ3v) is 3.41. The average Bonchev–Trinajstić information content (AvgIpc) is 2.66. The van der Waals surface area contributed by atoms with Crippen molar-refractivity contribution in [1.82, 2.24) is 5.32 Å². The number of alkyl carbamates (subject to hydrolysis) is 1. The molecule has 130 valence electrons. The van der Waals surface area contributed by atoms with Gasteiger partial charge < -0.3 is 19.9 Å². The molecule has 0 fully saturated rings. The molecule has 6 heteroatoms. The standard InChI is InChI=1S/C18H23NO5/c1-18(2,3)24-17(22)19-14(16(20)21)11-12-8-9-23-15-7-5-4-6-13(15)10-12/h4-7,10,14H,8-9,11H2,1-3H3,(H,19,22)(H,20,21)/t14-/m1/s1. The summed E-state index contributed by atoms with van der Waals surface area (Å²) < 4.78 is 10.8. The van der Waals surface area contributed by atoms with Crippen LogP contribution in [0.2, 0.25) is 0 Å². The third-order valence-electron chi connectivity index (χ3n) is 3.41. The lowest BCUT2D eigenvalue weighted by atomic mass is 10.0. The highest BCUT2D eigenvalue weighted by molar-refractivity contribution is 5.80. The largest absolute Gasteiger partial charge is 0.493 e. The zero-order valence-corrected chi connectivity index (χ0v) is 14.2. The quantitative estimate of drug-likeness (QED) is 0.884. The summed E-state index contributed by atoms with van der Waals surface area (Å²) in [4.78, 5) is 23.3. The predicted molar refractivity (Wildman–Crippen MR) is 89.9 cm³/mol. The average molecular weight is 333 g/mol. The highest BCUT2D eigenvalue weighted by Gasteiger charge is 2.25. The highest BCUT2D eigenvalue weighted by atomic mass is 16.6. The van der Waals surface area contributed by atoms with Crippen LogP contribution in [0.1, 0.15) is 39.2 Å². The molecule has 1 aliphatic heterocycles. The van der Waals surface area contributed by atoms with Crippen molar-refractivity contribution in [3.8, 4) is 5.75 Å². The van der Waals surface area contributed by atoms with Crippen molar-refractivity contribution in [2.75, 3.05) is 6.61 Å². The minimum absolute atomic E-state index is 0.201. The van der Waals surface area contributed by atoms with Gasteiger partial charge in [0.2, 0.25) is 0 Å². The fourth-order valence-corrected chi connectivity index (χ4v) is 2.39. The second-order valence-electron chi connectivity index (χ2n) is 6.68. The molecule has 0 spiro atoms. The van der Waals surface area contributed by atoms with Crippen molar-refractivity contribution in [3.05, 3.63) is 35.4 Å². The van der Waals surface area contributed by atoms with Crippen molar-refractivity contribution < 1.29 is 24.2 Å². The second kappa shape index (κ2) is 7.38. The molecular weight excluding hydrogens is 310 g/mol. The Morgan fingerprint density at radius 3 is 2.71 bits per heavy atom. The molecule has 6 nitrogen and oxygen atoms in total. The molecule has 1 aromatic carbocycles. The summed E-state index contributed by atoms with van der Waals surface area (Å²) >= 11 is 0. The fourth-order valence-electron chi connectivity index (χ4n) is 2.39. The normalized spacial score (nSPS) is 15.2. The van der Waals surface area contributed by atoms with Gasteiger partial charge in [-0.25, -0.2) is 9.59 Å². The molecule has 2 N–H and O–H groups in total. The molecule has 1 amide bonds. The predicted octanol–water partition coefficient (Wildman–Crippen LogP) is 3.22. The van der Waals surface area contributed by atoms with E-state index in [0.717, 1.165) is 16.9 Å². The fraction of sp³-hybridized carbons (Fsp3) is 0.444. The van der Waals surface area contributed by atoms with Crippen LogP contribution in [0.15, 0.2) is 29.8 Å². The van der Waals surface area contributed by atoms with Gasteiger partial charge in [-0.1, -0.05) is 29.8 Å². The summed E-state index contributed by atoms with van der Waals surface area (Å²) in [5.41, 5.74) is 1.14. The Morgan fingerprint density at radius 2 is 2.04 bits per heavy atom. The van der Waals surface area contributed by atoms with E-state index < -0.39 is 23.7 Å². The number of fused-ring (bicyclic) bond motifs is 1. The Hall–Kier alpha value is -2.50. The van der Waals surface area contributed by atoms with E-state index in [4.69, 9.17) is 9.47 Å². The molecular formula is C18H23NO5. The number of aliphatic carboxylic acids is 1. The first-order valence-corrected chi connectivity index (χ1v) is 7.88. The van der Waals surface area contributed by atoms with Gasteiger partial charge in [0.15, 0.2) is 0 Å². The van der Waals surface area contributed by atoms with Crippen LogP contribution >= 0.6 is 0 Å². The molecule has 0 aliphatic carbocycles. The van der Waals surface area contributed by atoms with Crippen molar-refractivity contribution in [2.45, 2.75) is 45.3 Å². The van der Waals surface area contributed by atoms with Crippen molar-refractivity contribution in [2.24, 2.45) is 0 Å². The molecule has 1 heterocycles. The lowest BCUT2D eigenvalue weighted by Gasteiger charge is -2.22. The monoisotopic (exact) mass is 333 g/mol. The van der Waals surface area contributed by atoms with E-state index in [0.29, 0.717) is 13.0 Å². The lowest BCUT2D eigenvalue weighted by Crippen LogP contribution is -2.43. The van der Waals surface area contributed by atoms with Gasteiger partial charge in [0.05, 0.1) is 6.61 Å². The van der Waals surface area contributed by atoms with E-state index in [2.05, 4.69) is 5.32 Å². The van der Waals surface area contributed by atoms with Crippen LogP contribution < -0.4 is 10.1 Å². The highest BCUT2D eigenvalue weighted by Crippen LogP contribution is 2.27. The van der Waals surface area contributed by atoms with E-state index >= 15 is 0 Å². The van der Waals surface area contributed by atoms with E-state index in [1.165, 1.54) is 0 Å². The van der Waals surface area contributed by atoms with Crippen molar-refractivity contribution in [1.29, 1.82) is 0 Å². The summed E-state index contributed by atoms with van der Waals surface area (Å²) in [5, 5.41) is 11.8. The maximum atomic E-state index is 11.8. The van der Waals surface area contributed by atoms with Crippen molar-refractivity contribution in [3.63, 3.8) is 0 Å². The third kappa shape index (κ3) is 5.30. The number of carbonyl (C=O) groups excluding carboxylic acids is 1. The van der Waals surface area contributed by atoms with Crippen molar-refractivity contribution >= 4 is 18.1 Å². The molecule has 0 aromatic heterocycles. The van der Waals surface area contributed by atoms with E-state index in [1.807, 2.05) is 30.3 Å². The number of benzene rings is 1. The number of ether oxygens (including phenoxy) is 2. The van der Waals surface area contributed by atoms with Crippen LogP contribution in [0.4, 0.5) is 4.79 Å². The first-order valence-electron chi connectivity index (χ1n) is 7.88. The number of hydrogen-bond donors (Lipinski definition) is 2. The number of carboxylic acid groups (broad SMARTS) is 1. The van der Waals surface area contributed by atoms with E-state index in [1.54, 1.807) is 20.8 Å². The van der Waals surface area contributed by atoms with Gasteiger partial charge >= 0.3 is 12.1 Å². The Labute approximate surface area is 141 Å². The molecule has 0 radical (unpaired) electrons. The van der Waals surface area contributed by atoms with E-state index in [9.17, 15) is 14.7 Å². The van der Waals surface area contributed by atoms with Crippen LogP contribution in [0.25, 0.3) is 6.08 Å². The molecule has 0 saturated heterocycles. The number of carbonyl (C=O) groups is 2. The second-order valence-corrected chi connectivity index (χ2v) is 6.68. The van der Waals surface area contributed by atoms with Gasteiger partial charge in [0.1, 0.15) is 17.4 Å². The Bertz CT molecular complexity index is 645. The summed E-state index contributed by atoms with van der Waals surface area (Å²) in [6, 6.07) is 6.54. The number of para-hydroxylation sites is 1.